The summed E-state index contributed by atoms with van der Waals surface area (Å²) in [5, 5.41) is 4.22. The largest absolute Gasteiger partial charge is 0.435 e. The van der Waals surface area contributed by atoms with Crippen molar-refractivity contribution in [3.63, 3.8) is 0 Å². The van der Waals surface area contributed by atoms with E-state index in [-0.39, 0.29) is 29.2 Å². The number of hydrogen-bond donors (Lipinski definition) is 0. The first-order chi connectivity index (χ1) is 20.1. The number of amides is 1. The van der Waals surface area contributed by atoms with Crippen molar-refractivity contribution in [2.75, 3.05) is 32.6 Å². The number of rotatable bonds is 5. The molecule has 2 aliphatic carbocycles. The first-order valence-electron chi connectivity index (χ1n) is 14.2. The molecule has 1 aromatic heterocycles. The molecular formula is C31H35ClF3N3O4S. The molecule has 1 aliphatic heterocycles. The predicted molar refractivity (Wildman–Crippen MR) is 159 cm³/mol. The molecule has 2 aromatic rings. The van der Waals surface area contributed by atoms with Gasteiger partial charge in [0.15, 0.2) is 15.5 Å². The second-order valence-corrected chi connectivity index (χ2v) is 14.4. The van der Waals surface area contributed by atoms with E-state index in [9.17, 15) is 26.4 Å². The van der Waals surface area contributed by atoms with Gasteiger partial charge in [0, 0.05) is 35.2 Å². The summed E-state index contributed by atoms with van der Waals surface area (Å²) in [6, 6.07) is 7.64. The standard InChI is InChI=1S/C31H35ClF3N3O4S/c1-19-9-10-21(16-26(19)43(4,40)41)22-15-20(2)30(3,18-23(22)29(39)37-11-13-42-14-12-37)28-17-27(31(33,34)35)36-38(28)25-8-6-5-7-24(25)32/h5-8,10,16-17,19-20H,9,11-15,18H2,1-4H3. The van der Waals surface area contributed by atoms with E-state index in [4.69, 9.17) is 16.3 Å². The summed E-state index contributed by atoms with van der Waals surface area (Å²) in [5.74, 6) is -0.669. The molecule has 7 nitrogen and oxygen atoms in total. The predicted octanol–water partition coefficient (Wildman–Crippen LogP) is 6.28. The summed E-state index contributed by atoms with van der Waals surface area (Å²) in [6.07, 6.45) is 1.09. The number of ether oxygens (including phenoxy) is 1. The summed E-state index contributed by atoms with van der Waals surface area (Å²) < 4.78 is 74.1. The maximum atomic E-state index is 14.2. The van der Waals surface area contributed by atoms with E-state index in [2.05, 4.69) is 5.10 Å². The van der Waals surface area contributed by atoms with Crippen LogP contribution in [0.25, 0.3) is 5.69 Å². The van der Waals surface area contributed by atoms with Crippen LogP contribution in [0.5, 0.6) is 0 Å². The number of morpholine rings is 1. The molecule has 232 valence electrons. The van der Waals surface area contributed by atoms with Gasteiger partial charge in [0.05, 0.1) is 29.6 Å². The van der Waals surface area contributed by atoms with Gasteiger partial charge in [0.2, 0.25) is 5.91 Å². The SMILES string of the molecule is CC1CC=C(C2=C(C(=O)N3CCOCC3)CC(C)(c3cc(C(F)(F)F)nn3-c3ccccc3Cl)C(C)C2)C=C1S(C)(=O)=O. The van der Waals surface area contributed by atoms with E-state index in [1.54, 1.807) is 35.2 Å². The van der Waals surface area contributed by atoms with Crippen molar-refractivity contribution in [1.29, 1.82) is 0 Å². The third kappa shape index (κ3) is 6.08. The highest BCUT2D eigenvalue weighted by Crippen LogP contribution is 2.50. The molecule has 1 amide bonds. The number of alkyl halides is 3. The van der Waals surface area contributed by atoms with Crippen LogP contribution in [0.3, 0.4) is 0 Å². The lowest BCUT2D eigenvalue weighted by Crippen LogP contribution is -2.45. The van der Waals surface area contributed by atoms with Crippen molar-refractivity contribution in [3.05, 3.63) is 80.5 Å². The maximum absolute atomic E-state index is 14.2. The summed E-state index contributed by atoms with van der Waals surface area (Å²) >= 11 is 6.46. The number of benzene rings is 1. The number of halogens is 4. The number of nitrogens with zero attached hydrogens (tertiary/aromatic N) is 3. The van der Waals surface area contributed by atoms with Gasteiger partial charge in [0.1, 0.15) is 0 Å². The molecule has 12 heteroatoms. The van der Waals surface area contributed by atoms with Crippen LogP contribution >= 0.6 is 11.6 Å². The van der Waals surface area contributed by atoms with Crippen LogP contribution in [0.2, 0.25) is 5.02 Å². The molecule has 0 spiro atoms. The maximum Gasteiger partial charge on any atom is 0.435 e. The normalized spacial score (nSPS) is 25.4. The molecule has 0 radical (unpaired) electrons. The van der Waals surface area contributed by atoms with E-state index < -0.39 is 27.1 Å². The van der Waals surface area contributed by atoms with Crippen LogP contribution in [-0.2, 0) is 31.0 Å². The van der Waals surface area contributed by atoms with Crippen molar-refractivity contribution >= 4 is 27.3 Å². The summed E-state index contributed by atoms with van der Waals surface area (Å²) in [6.45, 7) is 7.20. The van der Waals surface area contributed by atoms with Crippen molar-refractivity contribution in [3.8, 4) is 5.69 Å². The topological polar surface area (TPSA) is 81.5 Å². The molecule has 3 atom stereocenters. The van der Waals surface area contributed by atoms with Crippen LogP contribution in [0, 0.1) is 11.8 Å². The Morgan fingerprint density at radius 1 is 1.16 bits per heavy atom. The number of carbonyl (C=O) groups excluding carboxylic acids is 1. The fourth-order valence-corrected chi connectivity index (χ4v) is 7.67. The zero-order chi connectivity index (χ0) is 31.3. The van der Waals surface area contributed by atoms with E-state index in [0.29, 0.717) is 66.6 Å². The molecule has 3 unspecified atom stereocenters. The summed E-state index contributed by atoms with van der Waals surface area (Å²) in [5.41, 5.74) is 0.481. The Labute approximate surface area is 254 Å². The van der Waals surface area contributed by atoms with E-state index in [1.807, 2.05) is 26.8 Å². The van der Waals surface area contributed by atoms with Gasteiger partial charge in [-0.05, 0) is 66.5 Å². The Balaban J connectivity index is 1.69. The van der Waals surface area contributed by atoms with Crippen molar-refractivity contribution in [2.24, 2.45) is 11.8 Å². The average Bonchev–Trinajstić information content (AvgIpc) is 3.41. The molecule has 43 heavy (non-hydrogen) atoms. The van der Waals surface area contributed by atoms with Gasteiger partial charge in [-0.25, -0.2) is 13.1 Å². The molecular weight excluding hydrogens is 603 g/mol. The van der Waals surface area contributed by atoms with Crippen molar-refractivity contribution in [2.45, 2.75) is 51.6 Å². The Morgan fingerprint density at radius 3 is 2.47 bits per heavy atom. The third-order valence-electron chi connectivity index (χ3n) is 8.98. The Hall–Kier alpha value is -2.89. The molecule has 1 aromatic carbocycles. The number of aromatic nitrogens is 2. The average molecular weight is 638 g/mol. The first kappa shape index (κ1) is 31.5. The minimum Gasteiger partial charge on any atom is -0.378 e. The highest BCUT2D eigenvalue weighted by Gasteiger charge is 2.47. The summed E-state index contributed by atoms with van der Waals surface area (Å²) in [7, 11) is -3.48. The van der Waals surface area contributed by atoms with Crippen LogP contribution in [-0.4, -0.2) is 61.6 Å². The quantitative estimate of drug-likeness (QED) is 0.385. The second kappa shape index (κ2) is 11.6. The van der Waals surface area contributed by atoms with Gasteiger partial charge in [-0.1, -0.05) is 50.6 Å². The molecule has 2 heterocycles. The Kier molecular flexibility index (Phi) is 8.47. The van der Waals surface area contributed by atoms with Crippen molar-refractivity contribution < 1.29 is 31.1 Å². The van der Waals surface area contributed by atoms with E-state index in [0.717, 1.165) is 11.6 Å². The highest BCUT2D eigenvalue weighted by molar-refractivity contribution is 7.94. The molecule has 0 saturated carbocycles. The molecule has 1 saturated heterocycles. The Bertz CT molecular complexity index is 1640. The zero-order valence-electron chi connectivity index (χ0n) is 24.5. The fourth-order valence-electron chi connectivity index (χ4n) is 6.29. The van der Waals surface area contributed by atoms with Gasteiger partial charge in [-0.2, -0.15) is 18.3 Å². The van der Waals surface area contributed by atoms with Gasteiger partial charge in [-0.3, -0.25) is 4.79 Å². The van der Waals surface area contributed by atoms with Crippen LogP contribution in [0.15, 0.2) is 64.1 Å². The number of allylic oxidation sites excluding steroid dienone is 5. The first-order valence-corrected chi connectivity index (χ1v) is 16.5. The van der Waals surface area contributed by atoms with Crippen LogP contribution < -0.4 is 0 Å². The fraction of sp³-hybridized carbons (Fsp3) is 0.484. The molecule has 3 aliphatic rings. The van der Waals surface area contributed by atoms with Crippen LogP contribution in [0.4, 0.5) is 13.2 Å². The van der Waals surface area contributed by atoms with Gasteiger partial charge in [0.25, 0.3) is 0 Å². The molecule has 0 N–H and O–H groups in total. The lowest BCUT2D eigenvalue weighted by molar-refractivity contribution is -0.141. The zero-order valence-corrected chi connectivity index (χ0v) is 26.1. The smallest absolute Gasteiger partial charge is 0.378 e. The van der Waals surface area contributed by atoms with Gasteiger partial charge < -0.3 is 9.64 Å². The van der Waals surface area contributed by atoms with Gasteiger partial charge in [-0.15, -0.1) is 0 Å². The van der Waals surface area contributed by atoms with Gasteiger partial charge >= 0.3 is 6.18 Å². The summed E-state index contributed by atoms with van der Waals surface area (Å²) in [4.78, 5) is 16.2. The monoisotopic (exact) mass is 637 g/mol. The van der Waals surface area contributed by atoms with E-state index >= 15 is 0 Å². The lowest BCUT2D eigenvalue weighted by Gasteiger charge is -2.43. The van der Waals surface area contributed by atoms with Crippen molar-refractivity contribution in [1.82, 2.24) is 14.7 Å². The molecule has 1 fully saturated rings. The number of para-hydroxylation sites is 1. The minimum absolute atomic E-state index is 0.127. The number of sulfone groups is 1. The highest BCUT2D eigenvalue weighted by atomic mass is 35.5. The van der Waals surface area contributed by atoms with Crippen LogP contribution in [0.1, 0.15) is 51.4 Å². The molecule has 0 bridgehead atoms. The number of hydrogen-bond acceptors (Lipinski definition) is 5. The third-order valence-corrected chi connectivity index (χ3v) is 10.7. The Morgan fingerprint density at radius 2 is 1.84 bits per heavy atom. The second-order valence-electron chi connectivity index (χ2n) is 12.0. The lowest BCUT2D eigenvalue weighted by atomic mass is 9.63. The minimum atomic E-state index is -4.70. The molecule has 5 rings (SSSR count). The van der Waals surface area contributed by atoms with E-state index in [1.165, 1.54) is 10.9 Å². The number of carbonyl (C=O) groups is 1.